The van der Waals surface area contributed by atoms with Gasteiger partial charge in [0.05, 0.1) is 16.7 Å². The Morgan fingerprint density at radius 2 is 1.79 bits per heavy atom. The Bertz CT molecular complexity index is 1350. The van der Waals surface area contributed by atoms with Gasteiger partial charge in [0, 0.05) is 41.0 Å². The van der Waals surface area contributed by atoms with Crippen LogP contribution >= 0.6 is 34.8 Å². The molecule has 1 unspecified atom stereocenters. The number of nitrogens with zero attached hydrogens (tertiary/aromatic N) is 1. The van der Waals surface area contributed by atoms with Crippen LogP contribution < -0.4 is 5.32 Å². The van der Waals surface area contributed by atoms with Crippen molar-refractivity contribution in [3.8, 4) is 0 Å². The summed E-state index contributed by atoms with van der Waals surface area (Å²) >= 11 is 18.6. The first-order valence-corrected chi connectivity index (χ1v) is 13.8. The lowest BCUT2D eigenvalue weighted by atomic mass is 9.94. The molecule has 2 N–H and O–H groups in total. The summed E-state index contributed by atoms with van der Waals surface area (Å²) in [6.07, 6.45) is 4.89. The number of esters is 1. The van der Waals surface area contributed by atoms with Gasteiger partial charge in [-0.25, -0.2) is 4.79 Å². The molecule has 10 heteroatoms. The van der Waals surface area contributed by atoms with E-state index in [1.54, 1.807) is 43.3 Å². The van der Waals surface area contributed by atoms with Gasteiger partial charge in [-0.1, -0.05) is 66.2 Å². The number of aromatic amines is 1. The lowest BCUT2D eigenvalue weighted by Gasteiger charge is -2.33. The number of ether oxygens (including phenoxy) is 1. The number of rotatable bonds is 8. The number of carbonyl (C=O) groups is 3. The molecule has 0 saturated heterocycles. The van der Waals surface area contributed by atoms with Crippen LogP contribution in [0, 0.1) is 0 Å². The Morgan fingerprint density at radius 1 is 1.05 bits per heavy atom. The molecule has 38 heavy (non-hydrogen) atoms. The topological polar surface area (TPSA) is 91.5 Å². The summed E-state index contributed by atoms with van der Waals surface area (Å²) in [6.45, 7) is 3.31. The van der Waals surface area contributed by atoms with Crippen LogP contribution in [0.3, 0.4) is 0 Å². The normalized spacial score (nSPS) is 14.8. The summed E-state index contributed by atoms with van der Waals surface area (Å²) in [6, 6.07) is 9.02. The van der Waals surface area contributed by atoms with Gasteiger partial charge in [0.1, 0.15) is 11.7 Å². The summed E-state index contributed by atoms with van der Waals surface area (Å²) < 4.78 is 5.33. The first kappa shape index (κ1) is 28.3. The molecule has 1 saturated carbocycles. The summed E-state index contributed by atoms with van der Waals surface area (Å²) in [5.41, 5.74) is 1.71. The molecule has 2 aromatic carbocycles. The summed E-state index contributed by atoms with van der Waals surface area (Å²) in [5, 5.41) is 4.93. The molecule has 1 aliphatic rings. The molecule has 1 aliphatic carbocycles. The molecule has 4 rings (SSSR count). The number of H-pyrrole nitrogens is 1. The molecule has 0 radical (unpaired) electrons. The molecule has 7 nitrogen and oxygen atoms in total. The van der Waals surface area contributed by atoms with Gasteiger partial charge in [-0.05, 0) is 49.6 Å². The number of hydrogen-bond acceptors (Lipinski definition) is 4. The number of amides is 2. The van der Waals surface area contributed by atoms with Crippen molar-refractivity contribution in [1.29, 1.82) is 0 Å². The Labute approximate surface area is 236 Å². The van der Waals surface area contributed by atoms with Crippen LogP contribution in [0.25, 0.3) is 10.9 Å². The van der Waals surface area contributed by atoms with Crippen LogP contribution in [0.4, 0.5) is 0 Å². The van der Waals surface area contributed by atoms with Crippen molar-refractivity contribution in [2.45, 2.75) is 64.6 Å². The first-order chi connectivity index (χ1) is 18.2. The monoisotopic (exact) mass is 577 g/mol. The Hall–Kier alpha value is -2.74. The second-order valence-corrected chi connectivity index (χ2v) is 10.7. The molecule has 202 valence electrons. The van der Waals surface area contributed by atoms with Gasteiger partial charge in [-0.15, -0.1) is 0 Å². The van der Waals surface area contributed by atoms with Crippen molar-refractivity contribution in [3.63, 3.8) is 0 Å². The molecular weight excluding hydrogens is 549 g/mol. The molecular formula is C28H30Cl3N3O4. The first-order valence-electron chi connectivity index (χ1n) is 12.7. The fourth-order valence-electron chi connectivity index (χ4n) is 5.01. The third-order valence-corrected chi connectivity index (χ3v) is 7.78. The van der Waals surface area contributed by atoms with Gasteiger partial charge in [0.2, 0.25) is 11.8 Å². The summed E-state index contributed by atoms with van der Waals surface area (Å²) in [5.74, 6) is -1.34. The number of fused-ring (bicyclic) bond motifs is 1. The molecule has 1 aromatic heterocycles. The second-order valence-electron chi connectivity index (χ2n) is 9.47. The van der Waals surface area contributed by atoms with Crippen LogP contribution in [0.15, 0.2) is 36.4 Å². The van der Waals surface area contributed by atoms with E-state index in [1.807, 2.05) is 0 Å². The molecule has 2 amide bonds. The highest BCUT2D eigenvalue weighted by Crippen LogP contribution is 2.36. The largest absolute Gasteiger partial charge is 0.461 e. The lowest BCUT2D eigenvalue weighted by molar-refractivity contribution is -0.140. The quantitative estimate of drug-likeness (QED) is 0.286. The zero-order valence-electron chi connectivity index (χ0n) is 21.3. The lowest BCUT2D eigenvalue weighted by Crippen LogP contribution is -2.46. The highest BCUT2D eigenvalue weighted by molar-refractivity contribution is 6.42. The van der Waals surface area contributed by atoms with Crippen molar-refractivity contribution in [3.05, 3.63) is 68.3 Å². The zero-order chi connectivity index (χ0) is 27.4. The van der Waals surface area contributed by atoms with Gasteiger partial charge >= 0.3 is 5.97 Å². The SMILES string of the molecule is CCOC(=O)c1[nH]c2cc(Cl)ccc2c1C(C(=O)NC1CCCCC1)N(Cc1ccc(Cl)c(Cl)c1)C(C)=O. The van der Waals surface area contributed by atoms with E-state index in [4.69, 9.17) is 39.5 Å². The molecule has 1 atom stereocenters. The number of hydrogen-bond donors (Lipinski definition) is 2. The van der Waals surface area contributed by atoms with E-state index in [2.05, 4.69) is 10.3 Å². The Morgan fingerprint density at radius 3 is 2.45 bits per heavy atom. The highest BCUT2D eigenvalue weighted by Gasteiger charge is 2.37. The van der Waals surface area contributed by atoms with Crippen LogP contribution in [0.2, 0.25) is 15.1 Å². The van der Waals surface area contributed by atoms with E-state index in [0.29, 0.717) is 37.1 Å². The zero-order valence-corrected chi connectivity index (χ0v) is 23.6. The molecule has 0 bridgehead atoms. The maximum absolute atomic E-state index is 14.1. The second kappa shape index (κ2) is 12.4. The maximum Gasteiger partial charge on any atom is 0.355 e. The minimum absolute atomic E-state index is 0.0109. The standard InChI is InChI=1S/C28H30Cl3N3O4/c1-3-38-28(37)25-24(20-11-10-18(29)14-23(20)33-25)26(27(36)32-19-7-5-4-6-8-19)34(16(2)35)15-17-9-12-21(30)22(31)13-17/h9-14,19,26,33H,3-8,15H2,1-2H3,(H,32,36). The smallest absolute Gasteiger partial charge is 0.355 e. The number of carbonyl (C=O) groups excluding carboxylic acids is 3. The Kier molecular flexibility index (Phi) is 9.23. The molecule has 0 aliphatic heterocycles. The molecule has 1 fully saturated rings. The minimum atomic E-state index is -1.13. The van der Waals surface area contributed by atoms with Gasteiger partial charge in [-0.2, -0.15) is 0 Å². The van der Waals surface area contributed by atoms with E-state index in [9.17, 15) is 14.4 Å². The highest BCUT2D eigenvalue weighted by atomic mass is 35.5. The Balaban J connectivity index is 1.87. The third kappa shape index (κ3) is 6.28. The minimum Gasteiger partial charge on any atom is -0.461 e. The van der Waals surface area contributed by atoms with Crippen LogP contribution in [-0.2, 0) is 20.9 Å². The number of benzene rings is 2. The van der Waals surface area contributed by atoms with E-state index >= 15 is 0 Å². The van der Waals surface area contributed by atoms with Gasteiger partial charge in [-0.3, -0.25) is 9.59 Å². The van der Waals surface area contributed by atoms with Crippen LogP contribution in [-0.4, -0.2) is 40.3 Å². The summed E-state index contributed by atoms with van der Waals surface area (Å²) in [7, 11) is 0. The van der Waals surface area contributed by atoms with Gasteiger partial charge in [0.25, 0.3) is 0 Å². The fraction of sp³-hybridized carbons (Fsp3) is 0.393. The number of aromatic nitrogens is 1. The molecule has 0 spiro atoms. The fourth-order valence-corrected chi connectivity index (χ4v) is 5.51. The predicted octanol–water partition coefficient (Wildman–Crippen LogP) is 6.84. The van der Waals surface area contributed by atoms with Crippen molar-refractivity contribution in [1.82, 2.24) is 15.2 Å². The van der Waals surface area contributed by atoms with E-state index < -0.39 is 12.0 Å². The van der Waals surface area contributed by atoms with Crippen molar-refractivity contribution >= 4 is 63.5 Å². The van der Waals surface area contributed by atoms with Crippen molar-refractivity contribution in [2.24, 2.45) is 0 Å². The van der Waals surface area contributed by atoms with Gasteiger partial charge < -0.3 is 19.9 Å². The predicted molar refractivity (Wildman–Crippen MR) is 150 cm³/mol. The summed E-state index contributed by atoms with van der Waals surface area (Å²) in [4.78, 5) is 44.9. The maximum atomic E-state index is 14.1. The van der Waals surface area contributed by atoms with Gasteiger partial charge in [0.15, 0.2) is 0 Å². The van der Waals surface area contributed by atoms with E-state index in [0.717, 1.165) is 32.1 Å². The van der Waals surface area contributed by atoms with Crippen LogP contribution in [0.1, 0.15) is 73.6 Å². The number of halogens is 3. The molecule has 3 aromatic rings. The van der Waals surface area contributed by atoms with Crippen LogP contribution in [0.5, 0.6) is 0 Å². The average molecular weight is 579 g/mol. The van der Waals surface area contributed by atoms with E-state index in [1.165, 1.54) is 11.8 Å². The molecule has 1 heterocycles. The third-order valence-electron chi connectivity index (χ3n) is 6.81. The van der Waals surface area contributed by atoms with Crippen molar-refractivity contribution < 1.29 is 19.1 Å². The van der Waals surface area contributed by atoms with E-state index in [-0.39, 0.29) is 36.7 Å². The average Bonchev–Trinajstić information content (AvgIpc) is 3.24. The number of nitrogens with one attached hydrogen (secondary N) is 2. The van der Waals surface area contributed by atoms with Crippen molar-refractivity contribution in [2.75, 3.05) is 6.61 Å².